The molecule has 1 heterocycles. The van der Waals surface area contributed by atoms with Crippen LogP contribution in [0.3, 0.4) is 0 Å². The molecule has 0 aromatic heterocycles. The minimum absolute atomic E-state index is 0.151. The van der Waals surface area contributed by atoms with E-state index in [4.69, 9.17) is 14.6 Å². The van der Waals surface area contributed by atoms with Crippen LogP contribution < -0.4 is 9.47 Å². The highest BCUT2D eigenvalue weighted by Gasteiger charge is 2.32. The van der Waals surface area contributed by atoms with Crippen LogP contribution >= 0.6 is 0 Å². The normalized spacial score (nSPS) is 17.5. The standard InChI is InChI=1S/C16H22N2O6/c1-2-23-13-5-3-4-6-14(13)24-10-7-12-11-17(15(19)20)8-9-18(12)16(21)22/h3-6,12H,2,7-11H2,1H3,(H,19,20)(H,21,22)/t12-/m1/s1. The van der Waals surface area contributed by atoms with E-state index in [2.05, 4.69) is 0 Å². The van der Waals surface area contributed by atoms with Crippen LogP contribution in [0.15, 0.2) is 24.3 Å². The minimum atomic E-state index is -1.04. The van der Waals surface area contributed by atoms with Crippen LogP contribution in [0.2, 0.25) is 0 Å². The number of hydrogen-bond donors (Lipinski definition) is 2. The SMILES string of the molecule is CCOc1ccccc1OCC[C@@H]1CN(C(=O)O)CCN1C(=O)O. The van der Waals surface area contributed by atoms with Gasteiger partial charge in [-0.3, -0.25) is 0 Å². The Hall–Kier alpha value is -2.64. The van der Waals surface area contributed by atoms with Crippen molar-refractivity contribution in [2.75, 3.05) is 32.8 Å². The lowest BCUT2D eigenvalue weighted by atomic mass is 10.1. The number of carbonyl (C=O) groups is 2. The first-order chi connectivity index (χ1) is 11.5. The lowest BCUT2D eigenvalue weighted by Gasteiger charge is -2.38. The van der Waals surface area contributed by atoms with Gasteiger partial charge in [-0.1, -0.05) is 12.1 Å². The zero-order valence-corrected chi connectivity index (χ0v) is 13.6. The monoisotopic (exact) mass is 338 g/mol. The first-order valence-corrected chi connectivity index (χ1v) is 7.85. The number of piperazine rings is 1. The molecular formula is C16H22N2O6. The van der Waals surface area contributed by atoms with Crippen molar-refractivity contribution in [2.24, 2.45) is 0 Å². The van der Waals surface area contributed by atoms with Crippen LogP contribution in [0.1, 0.15) is 13.3 Å². The fraction of sp³-hybridized carbons (Fsp3) is 0.500. The molecule has 2 amide bonds. The average molecular weight is 338 g/mol. The molecule has 1 saturated heterocycles. The van der Waals surface area contributed by atoms with Crippen molar-refractivity contribution in [1.29, 1.82) is 0 Å². The molecule has 8 nitrogen and oxygen atoms in total. The van der Waals surface area contributed by atoms with Crippen molar-refractivity contribution >= 4 is 12.2 Å². The third-order valence-corrected chi connectivity index (χ3v) is 3.86. The van der Waals surface area contributed by atoms with Gasteiger partial charge in [-0.25, -0.2) is 9.59 Å². The topological polar surface area (TPSA) is 99.5 Å². The molecule has 1 aromatic carbocycles. The molecule has 0 radical (unpaired) electrons. The average Bonchev–Trinajstić information content (AvgIpc) is 2.56. The Morgan fingerprint density at radius 1 is 1.12 bits per heavy atom. The maximum Gasteiger partial charge on any atom is 0.407 e. The van der Waals surface area contributed by atoms with Gasteiger partial charge in [0.25, 0.3) is 0 Å². The van der Waals surface area contributed by atoms with Crippen LogP contribution in [-0.2, 0) is 0 Å². The molecule has 1 fully saturated rings. The molecule has 8 heteroatoms. The molecule has 132 valence electrons. The molecule has 0 saturated carbocycles. The van der Waals surface area contributed by atoms with E-state index in [1.54, 1.807) is 12.1 Å². The van der Waals surface area contributed by atoms with Gasteiger partial charge in [0.15, 0.2) is 11.5 Å². The van der Waals surface area contributed by atoms with Crippen molar-refractivity contribution in [3.05, 3.63) is 24.3 Å². The second kappa shape index (κ2) is 8.28. The number of benzene rings is 1. The maximum absolute atomic E-state index is 11.3. The van der Waals surface area contributed by atoms with Crippen molar-refractivity contribution in [3.8, 4) is 11.5 Å². The summed E-state index contributed by atoms with van der Waals surface area (Å²) in [6.45, 7) is 3.17. The van der Waals surface area contributed by atoms with Gasteiger partial charge in [0.2, 0.25) is 0 Å². The summed E-state index contributed by atoms with van der Waals surface area (Å²) < 4.78 is 11.2. The Kier molecular flexibility index (Phi) is 6.11. The Labute approximate surface area is 140 Å². The zero-order valence-electron chi connectivity index (χ0n) is 13.6. The fourth-order valence-electron chi connectivity index (χ4n) is 2.68. The van der Waals surface area contributed by atoms with Gasteiger partial charge in [-0.05, 0) is 19.1 Å². The number of amides is 2. The van der Waals surface area contributed by atoms with E-state index in [9.17, 15) is 14.7 Å². The largest absolute Gasteiger partial charge is 0.490 e. The molecule has 0 spiro atoms. The van der Waals surface area contributed by atoms with Gasteiger partial charge < -0.3 is 29.5 Å². The number of rotatable bonds is 6. The highest BCUT2D eigenvalue weighted by Crippen LogP contribution is 2.26. The van der Waals surface area contributed by atoms with Gasteiger partial charge in [0.1, 0.15) is 0 Å². The van der Waals surface area contributed by atoms with E-state index in [-0.39, 0.29) is 26.2 Å². The molecular weight excluding hydrogens is 316 g/mol. The third-order valence-electron chi connectivity index (χ3n) is 3.86. The molecule has 24 heavy (non-hydrogen) atoms. The smallest absolute Gasteiger partial charge is 0.407 e. The Bertz CT molecular complexity index is 579. The summed E-state index contributed by atoms with van der Waals surface area (Å²) in [5, 5.41) is 18.4. The van der Waals surface area contributed by atoms with E-state index >= 15 is 0 Å². The molecule has 1 aliphatic heterocycles. The minimum Gasteiger partial charge on any atom is -0.490 e. The third kappa shape index (κ3) is 4.43. The highest BCUT2D eigenvalue weighted by molar-refractivity contribution is 5.68. The first kappa shape index (κ1) is 17.7. The molecule has 1 atom stereocenters. The molecule has 2 N–H and O–H groups in total. The predicted octanol–water partition coefficient (Wildman–Crippen LogP) is 2.20. The van der Waals surface area contributed by atoms with Gasteiger partial charge in [0.05, 0.1) is 19.3 Å². The second-order valence-corrected chi connectivity index (χ2v) is 5.38. The number of carboxylic acid groups (broad SMARTS) is 2. The van der Waals surface area contributed by atoms with Crippen molar-refractivity contribution in [1.82, 2.24) is 9.80 Å². The van der Waals surface area contributed by atoms with E-state index in [0.717, 1.165) is 0 Å². The van der Waals surface area contributed by atoms with Gasteiger partial charge >= 0.3 is 12.2 Å². The Balaban J connectivity index is 1.95. The maximum atomic E-state index is 11.3. The van der Waals surface area contributed by atoms with E-state index in [0.29, 0.717) is 24.5 Å². The number of nitrogens with zero attached hydrogens (tertiary/aromatic N) is 2. The van der Waals surface area contributed by atoms with Crippen LogP contribution in [0, 0.1) is 0 Å². The van der Waals surface area contributed by atoms with E-state index in [1.165, 1.54) is 9.80 Å². The fourth-order valence-corrected chi connectivity index (χ4v) is 2.68. The second-order valence-electron chi connectivity index (χ2n) is 5.38. The van der Waals surface area contributed by atoms with Crippen molar-refractivity contribution in [2.45, 2.75) is 19.4 Å². The van der Waals surface area contributed by atoms with Crippen molar-refractivity contribution in [3.63, 3.8) is 0 Å². The van der Waals surface area contributed by atoms with Crippen LogP contribution in [0.25, 0.3) is 0 Å². The molecule has 0 bridgehead atoms. The summed E-state index contributed by atoms with van der Waals surface area (Å²) in [5.41, 5.74) is 0. The van der Waals surface area contributed by atoms with Gasteiger partial charge in [-0.15, -0.1) is 0 Å². The summed E-state index contributed by atoms with van der Waals surface area (Å²) in [4.78, 5) is 24.9. The molecule has 1 aromatic rings. The van der Waals surface area contributed by atoms with Gasteiger partial charge in [-0.2, -0.15) is 0 Å². The summed E-state index contributed by atoms with van der Waals surface area (Å²) >= 11 is 0. The van der Waals surface area contributed by atoms with Crippen LogP contribution in [-0.4, -0.2) is 71.1 Å². The van der Waals surface area contributed by atoms with Crippen molar-refractivity contribution < 1.29 is 29.3 Å². The number of para-hydroxylation sites is 2. The molecule has 0 aliphatic carbocycles. The molecule has 1 aliphatic rings. The lowest BCUT2D eigenvalue weighted by molar-refractivity contribution is 0.0561. The Morgan fingerprint density at radius 3 is 2.38 bits per heavy atom. The first-order valence-electron chi connectivity index (χ1n) is 7.85. The van der Waals surface area contributed by atoms with E-state index in [1.807, 2.05) is 19.1 Å². The highest BCUT2D eigenvalue weighted by atomic mass is 16.5. The summed E-state index contributed by atoms with van der Waals surface area (Å²) in [6, 6.07) is 6.83. The number of hydrogen-bond acceptors (Lipinski definition) is 4. The quantitative estimate of drug-likeness (QED) is 0.825. The number of ether oxygens (including phenoxy) is 2. The zero-order chi connectivity index (χ0) is 17.5. The van der Waals surface area contributed by atoms with E-state index < -0.39 is 18.2 Å². The summed E-state index contributed by atoms with van der Waals surface area (Å²) in [5.74, 6) is 1.22. The van der Waals surface area contributed by atoms with Crippen LogP contribution in [0.4, 0.5) is 9.59 Å². The molecule has 0 unspecified atom stereocenters. The summed E-state index contributed by atoms with van der Waals surface area (Å²) in [6.07, 6.45) is -1.68. The summed E-state index contributed by atoms with van der Waals surface area (Å²) in [7, 11) is 0. The Morgan fingerprint density at radius 2 is 1.79 bits per heavy atom. The van der Waals surface area contributed by atoms with Crippen LogP contribution in [0.5, 0.6) is 11.5 Å². The predicted molar refractivity (Wildman–Crippen MR) is 85.8 cm³/mol. The van der Waals surface area contributed by atoms with Gasteiger partial charge in [0, 0.05) is 26.1 Å². The molecule has 2 rings (SSSR count). The lowest BCUT2D eigenvalue weighted by Crippen LogP contribution is -2.56.